The molecule has 36 heavy (non-hydrogen) atoms. The van der Waals surface area contributed by atoms with Crippen molar-refractivity contribution in [1.82, 2.24) is 15.3 Å². The fourth-order valence-electron chi connectivity index (χ4n) is 4.40. The maximum absolute atomic E-state index is 13.5. The first-order valence-electron chi connectivity index (χ1n) is 11.7. The molecule has 1 fully saturated rings. The van der Waals surface area contributed by atoms with Crippen LogP contribution in [-0.4, -0.2) is 42.7 Å². The maximum atomic E-state index is 13.5. The number of urea groups is 1. The average Bonchev–Trinajstić information content (AvgIpc) is 2.82. The summed E-state index contributed by atoms with van der Waals surface area (Å²) < 4.78 is 52.1. The highest BCUT2D eigenvalue weighted by Gasteiger charge is 2.31. The number of nitrogens with zero attached hydrogens (tertiary/aromatic N) is 3. The summed E-state index contributed by atoms with van der Waals surface area (Å²) in [5.41, 5.74) is -0.542. The van der Waals surface area contributed by atoms with Crippen LogP contribution >= 0.6 is 0 Å². The molecule has 1 aromatic heterocycles. The quantitative estimate of drug-likeness (QED) is 0.378. The standard InChI is InChI=1S/C25H28F4N6O/c1-35(2)22-20-5-3-4-6-21(20)33-23(34-22)31-18-9-7-15(8-10-18)14-30-24(36)32-19-12-16(25(27,28)29)11-17(26)13-19/h3-6,11-13,15,18H,7-10,14H2,1-2H3,(H2,30,32,36)(H,31,33,34). The Balaban J connectivity index is 1.27. The molecule has 0 saturated heterocycles. The molecule has 2 aromatic carbocycles. The molecular weight excluding hydrogens is 476 g/mol. The predicted molar refractivity (Wildman–Crippen MR) is 132 cm³/mol. The van der Waals surface area contributed by atoms with Crippen molar-refractivity contribution in [2.75, 3.05) is 36.2 Å². The largest absolute Gasteiger partial charge is 0.416 e. The van der Waals surface area contributed by atoms with Gasteiger partial charge in [-0.05, 0) is 61.9 Å². The van der Waals surface area contributed by atoms with E-state index in [2.05, 4.69) is 25.9 Å². The van der Waals surface area contributed by atoms with Gasteiger partial charge in [0, 0.05) is 37.8 Å². The summed E-state index contributed by atoms with van der Waals surface area (Å²) in [7, 11) is 3.88. The van der Waals surface area contributed by atoms with E-state index in [0.717, 1.165) is 48.5 Å². The fourth-order valence-corrected chi connectivity index (χ4v) is 4.40. The van der Waals surface area contributed by atoms with Crippen LogP contribution in [-0.2, 0) is 6.18 Å². The molecule has 1 heterocycles. The Labute approximate surface area is 206 Å². The van der Waals surface area contributed by atoms with E-state index >= 15 is 0 Å². The minimum Gasteiger partial charge on any atom is -0.362 e. The number of benzene rings is 2. The van der Waals surface area contributed by atoms with Crippen molar-refractivity contribution in [2.24, 2.45) is 5.92 Å². The molecule has 2 amide bonds. The highest BCUT2D eigenvalue weighted by molar-refractivity contribution is 5.90. The highest BCUT2D eigenvalue weighted by atomic mass is 19.4. The van der Waals surface area contributed by atoms with Gasteiger partial charge in [-0.25, -0.2) is 14.2 Å². The van der Waals surface area contributed by atoms with Crippen LogP contribution in [0.15, 0.2) is 42.5 Å². The third kappa shape index (κ3) is 6.32. The van der Waals surface area contributed by atoms with Crippen LogP contribution in [0.4, 0.5) is 39.8 Å². The normalized spacial score (nSPS) is 18.1. The van der Waals surface area contributed by atoms with Gasteiger partial charge in [-0.1, -0.05) is 12.1 Å². The number of hydrogen-bond donors (Lipinski definition) is 3. The van der Waals surface area contributed by atoms with E-state index in [1.54, 1.807) is 0 Å². The predicted octanol–water partition coefficient (Wildman–Crippen LogP) is 5.65. The first kappa shape index (κ1) is 25.5. The number of halogens is 4. The van der Waals surface area contributed by atoms with E-state index in [9.17, 15) is 22.4 Å². The monoisotopic (exact) mass is 504 g/mol. The van der Waals surface area contributed by atoms with Crippen molar-refractivity contribution in [3.05, 3.63) is 53.8 Å². The Morgan fingerprint density at radius 2 is 1.78 bits per heavy atom. The Hall–Kier alpha value is -3.63. The van der Waals surface area contributed by atoms with Crippen molar-refractivity contribution >= 4 is 34.4 Å². The minimum absolute atomic E-state index is 0.194. The first-order chi connectivity index (χ1) is 17.1. The summed E-state index contributed by atoms with van der Waals surface area (Å²) >= 11 is 0. The number of anilines is 3. The molecule has 11 heteroatoms. The topological polar surface area (TPSA) is 82.2 Å². The molecule has 4 rings (SSSR count). The Bertz CT molecular complexity index is 1220. The van der Waals surface area contributed by atoms with Crippen LogP contribution < -0.4 is 20.9 Å². The van der Waals surface area contributed by atoms with Crippen LogP contribution in [0.5, 0.6) is 0 Å². The zero-order valence-electron chi connectivity index (χ0n) is 20.0. The van der Waals surface area contributed by atoms with Crippen LogP contribution in [0.25, 0.3) is 10.9 Å². The Morgan fingerprint density at radius 3 is 2.47 bits per heavy atom. The minimum atomic E-state index is -4.70. The van der Waals surface area contributed by atoms with Crippen molar-refractivity contribution in [1.29, 1.82) is 0 Å². The molecule has 7 nitrogen and oxygen atoms in total. The SMILES string of the molecule is CN(C)c1nc(NC2CCC(CNC(=O)Nc3cc(F)cc(C(F)(F)F)c3)CC2)nc2ccccc12. The summed E-state index contributed by atoms with van der Waals surface area (Å²) in [5, 5.41) is 9.37. The van der Waals surface area contributed by atoms with Crippen molar-refractivity contribution in [2.45, 2.75) is 37.9 Å². The van der Waals surface area contributed by atoms with E-state index in [4.69, 9.17) is 0 Å². The lowest BCUT2D eigenvalue weighted by Crippen LogP contribution is -2.36. The zero-order chi connectivity index (χ0) is 25.9. The van der Waals surface area contributed by atoms with Gasteiger partial charge in [0.05, 0.1) is 11.1 Å². The summed E-state index contributed by atoms with van der Waals surface area (Å²) in [5.74, 6) is 0.570. The van der Waals surface area contributed by atoms with Gasteiger partial charge >= 0.3 is 12.2 Å². The summed E-state index contributed by atoms with van der Waals surface area (Å²) in [6, 6.07) is 9.31. The second-order valence-corrected chi connectivity index (χ2v) is 9.21. The van der Waals surface area contributed by atoms with Gasteiger partial charge < -0.3 is 20.9 Å². The summed E-state index contributed by atoms with van der Waals surface area (Å²) in [6.45, 7) is 0.372. The lowest BCUT2D eigenvalue weighted by molar-refractivity contribution is -0.137. The third-order valence-electron chi connectivity index (χ3n) is 6.22. The molecule has 1 aliphatic carbocycles. The Kier molecular flexibility index (Phi) is 7.46. The number of carbonyl (C=O) groups excluding carboxylic acids is 1. The smallest absolute Gasteiger partial charge is 0.362 e. The van der Waals surface area contributed by atoms with Crippen LogP contribution in [0, 0.1) is 11.7 Å². The number of carbonyl (C=O) groups is 1. The van der Waals surface area contributed by atoms with Crippen LogP contribution in [0.1, 0.15) is 31.2 Å². The second kappa shape index (κ2) is 10.5. The molecular formula is C25H28F4N6O. The average molecular weight is 505 g/mol. The summed E-state index contributed by atoms with van der Waals surface area (Å²) in [4.78, 5) is 23.5. The second-order valence-electron chi connectivity index (χ2n) is 9.21. The van der Waals surface area contributed by atoms with Gasteiger partial charge in [-0.3, -0.25) is 0 Å². The van der Waals surface area contributed by atoms with Gasteiger partial charge in [-0.15, -0.1) is 0 Å². The molecule has 192 valence electrons. The van der Waals surface area contributed by atoms with E-state index in [0.29, 0.717) is 24.6 Å². The molecule has 0 atom stereocenters. The van der Waals surface area contributed by atoms with E-state index in [1.807, 2.05) is 43.3 Å². The van der Waals surface area contributed by atoms with Gasteiger partial charge in [0.1, 0.15) is 11.6 Å². The Morgan fingerprint density at radius 1 is 1.06 bits per heavy atom. The van der Waals surface area contributed by atoms with Crippen molar-refractivity contribution < 1.29 is 22.4 Å². The van der Waals surface area contributed by atoms with Crippen molar-refractivity contribution in [3.63, 3.8) is 0 Å². The molecule has 1 saturated carbocycles. The zero-order valence-corrected chi connectivity index (χ0v) is 20.0. The molecule has 0 radical (unpaired) electrons. The highest BCUT2D eigenvalue weighted by Crippen LogP contribution is 2.32. The lowest BCUT2D eigenvalue weighted by Gasteiger charge is -2.29. The van der Waals surface area contributed by atoms with E-state index in [1.165, 1.54) is 0 Å². The van der Waals surface area contributed by atoms with Gasteiger partial charge in [-0.2, -0.15) is 18.2 Å². The molecule has 0 bridgehead atoms. The number of fused-ring (bicyclic) bond motifs is 1. The first-order valence-corrected chi connectivity index (χ1v) is 11.7. The molecule has 3 aromatic rings. The number of aromatic nitrogens is 2. The number of hydrogen-bond acceptors (Lipinski definition) is 5. The number of nitrogens with one attached hydrogen (secondary N) is 3. The van der Waals surface area contributed by atoms with Crippen LogP contribution in [0.3, 0.4) is 0 Å². The molecule has 3 N–H and O–H groups in total. The van der Waals surface area contributed by atoms with Gasteiger partial charge in [0.25, 0.3) is 0 Å². The third-order valence-corrected chi connectivity index (χ3v) is 6.22. The molecule has 1 aliphatic rings. The van der Waals surface area contributed by atoms with Gasteiger partial charge in [0.2, 0.25) is 5.95 Å². The molecule has 0 unspecified atom stereocenters. The van der Waals surface area contributed by atoms with E-state index in [-0.39, 0.29) is 17.6 Å². The maximum Gasteiger partial charge on any atom is 0.416 e. The number of para-hydroxylation sites is 1. The molecule has 0 aliphatic heterocycles. The summed E-state index contributed by atoms with van der Waals surface area (Å²) in [6.07, 6.45) is -1.28. The van der Waals surface area contributed by atoms with E-state index < -0.39 is 23.6 Å². The molecule has 0 spiro atoms. The number of alkyl halides is 3. The number of rotatable bonds is 6. The lowest BCUT2D eigenvalue weighted by atomic mass is 9.86. The van der Waals surface area contributed by atoms with Crippen LogP contribution in [0.2, 0.25) is 0 Å². The fraction of sp³-hybridized carbons (Fsp3) is 0.400. The van der Waals surface area contributed by atoms with Crippen molar-refractivity contribution in [3.8, 4) is 0 Å². The number of amides is 2. The van der Waals surface area contributed by atoms with Gasteiger partial charge in [0.15, 0.2) is 0 Å².